The van der Waals surface area contributed by atoms with Gasteiger partial charge in [-0.05, 0) is 6.07 Å². The number of carbonyl (C=O) groups excluding carboxylic acids is 1. The smallest absolute Gasteiger partial charge is 0.228 e. The minimum Gasteiger partial charge on any atom is -0.328 e. The van der Waals surface area contributed by atoms with Gasteiger partial charge in [-0.3, -0.25) is 14.8 Å². The van der Waals surface area contributed by atoms with Gasteiger partial charge in [-0.1, -0.05) is 38.6 Å². The van der Waals surface area contributed by atoms with Crippen LogP contribution in [0, 0.1) is 5.41 Å². The first-order valence-corrected chi connectivity index (χ1v) is 7.20. The quantitative estimate of drug-likeness (QED) is 0.835. The van der Waals surface area contributed by atoms with Crippen molar-refractivity contribution in [3.63, 3.8) is 0 Å². The fourth-order valence-electron chi connectivity index (χ4n) is 1.88. The maximum atomic E-state index is 12.2. The highest BCUT2D eigenvalue weighted by atomic mass is 32.2. The van der Waals surface area contributed by atoms with Crippen molar-refractivity contribution in [1.82, 2.24) is 9.88 Å². The number of pyridine rings is 1. The first-order valence-electron chi connectivity index (χ1n) is 6.25. The Kier molecular flexibility index (Phi) is 3.94. The Bertz CT molecular complexity index is 481. The molecule has 2 heterocycles. The minimum atomic E-state index is -0.366. The Morgan fingerprint density at radius 3 is 2.74 bits per heavy atom. The van der Waals surface area contributed by atoms with E-state index >= 15 is 0 Å². The van der Waals surface area contributed by atoms with Crippen LogP contribution in [-0.4, -0.2) is 34.4 Å². The first kappa shape index (κ1) is 14.1. The second kappa shape index (κ2) is 5.33. The van der Waals surface area contributed by atoms with Crippen LogP contribution in [0.5, 0.6) is 0 Å². The number of thioether (sulfide) groups is 1. The van der Waals surface area contributed by atoms with E-state index in [-0.39, 0.29) is 22.1 Å². The standard InChI is InChI=1S/C14H19N3OS/c1-14(2,3)13(18)17(4)11-9-16-12(19-11)10-6-5-7-15-8-10/h5-9,11-12H,1-4H3. The fraction of sp³-hybridized carbons (Fsp3) is 0.500. The second-order valence-corrected chi connectivity index (χ2v) is 6.83. The average Bonchev–Trinajstić information content (AvgIpc) is 2.86. The lowest BCUT2D eigenvalue weighted by atomic mass is 9.95. The van der Waals surface area contributed by atoms with Gasteiger partial charge in [0.05, 0.1) is 0 Å². The van der Waals surface area contributed by atoms with Crippen LogP contribution in [-0.2, 0) is 4.79 Å². The lowest BCUT2D eigenvalue weighted by molar-refractivity contribution is -0.137. The average molecular weight is 277 g/mol. The maximum absolute atomic E-state index is 12.2. The van der Waals surface area contributed by atoms with E-state index in [2.05, 4.69) is 9.98 Å². The largest absolute Gasteiger partial charge is 0.328 e. The van der Waals surface area contributed by atoms with Crippen molar-refractivity contribution in [1.29, 1.82) is 0 Å². The summed E-state index contributed by atoms with van der Waals surface area (Å²) in [6.07, 6.45) is 5.43. The molecule has 1 aromatic heterocycles. The lowest BCUT2D eigenvalue weighted by Crippen LogP contribution is -2.41. The van der Waals surface area contributed by atoms with Crippen LogP contribution in [0.15, 0.2) is 29.5 Å². The highest BCUT2D eigenvalue weighted by Gasteiger charge is 2.33. The van der Waals surface area contributed by atoms with Gasteiger partial charge in [0.25, 0.3) is 0 Å². The van der Waals surface area contributed by atoms with Gasteiger partial charge < -0.3 is 4.90 Å². The molecular formula is C14H19N3OS. The molecule has 2 rings (SSSR count). The summed E-state index contributed by atoms with van der Waals surface area (Å²) in [6.45, 7) is 5.80. The van der Waals surface area contributed by atoms with E-state index in [9.17, 15) is 4.79 Å². The van der Waals surface area contributed by atoms with Gasteiger partial charge in [0.15, 0.2) is 0 Å². The van der Waals surface area contributed by atoms with Crippen molar-refractivity contribution in [3.8, 4) is 0 Å². The topological polar surface area (TPSA) is 45.6 Å². The predicted octanol–water partition coefficient (Wildman–Crippen LogP) is 2.73. The van der Waals surface area contributed by atoms with E-state index < -0.39 is 0 Å². The van der Waals surface area contributed by atoms with Crippen LogP contribution >= 0.6 is 11.8 Å². The zero-order chi connectivity index (χ0) is 14.0. The van der Waals surface area contributed by atoms with Crippen molar-refractivity contribution in [2.75, 3.05) is 7.05 Å². The van der Waals surface area contributed by atoms with Crippen molar-refractivity contribution in [2.45, 2.75) is 31.5 Å². The van der Waals surface area contributed by atoms with Gasteiger partial charge in [0, 0.05) is 36.6 Å². The number of rotatable bonds is 2. The molecule has 4 nitrogen and oxygen atoms in total. The van der Waals surface area contributed by atoms with E-state index in [1.165, 1.54) is 0 Å². The predicted molar refractivity (Wildman–Crippen MR) is 79.1 cm³/mol. The van der Waals surface area contributed by atoms with Gasteiger partial charge in [-0.2, -0.15) is 0 Å². The normalized spacial score (nSPS) is 22.5. The summed E-state index contributed by atoms with van der Waals surface area (Å²) in [5.41, 5.74) is 0.707. The summed E-state index contributed by atoms with van der Waals surface area (Å²) >= 11 is 1.66. The Morgan fingerprint density at radius 1 is 1.42 bits per heavy atom. The third-order valence-electron chi connectivity index (χ3n) is 2.93. The molecule has 2 atom stereocenters. The zero-order valence-corrected chi connectivity index (χ0v) is 12.5. The molecule has 0 fully saturated rings. The number of carbonyl (C=O) groups is 1. The van der Waals surface area contributed by atoms with E-state index in [0.717, 1.165) is 5.56 Å². The van der Waals surface area contributed by atoms with Crippen LogP contribution in [0.25, 0.3) is 0 Å². The Morgan fingerprint density at radius 2 is 2.16 bits per heavy atom. The molecular weight excluding hydrogens is 258 g/mol. The van der Waals surface area contributed by atoms with Crippen LogP contribution < -0.4 is 0 Å². The molecule has 1 aliphatic rings. The molecule has 0 saturated heterocycles. The molecule has 1 amide bonds. The summed E-state index contributed by atoms with van der Waals surface area (Å²) in [6, 6.07) is 3.92. The molecule has 2 unspecified atom stereocenters. The molecule has 0 N–H and O–H groups in total. The van der Waals surface area contributed by atoms with Crippen molar-refractivity contribution >= 4 is 23.9 Å². The van der Waals surface area contributed by atoms with Crippen LogP contribution in [0.4, 0.5) is 0 Å². The van der Waals surface area contributed by atoms with Crippen LogP contribution in [0.1, 0.15) is 31.7 Å². The van der Waals surface area contributed by atoms with Crippen molar-refractivity contribution in [2.24, 2.45) is 10.4 Å². The molecule has 19 heavy (non-hydrogen) atoms. The minimum absolute atomic E-state index is 0.00284. The SMILES string of the molecule is CN(C(=O)C(C)(C)C)C1C=NC(c2cccnc2)S1. The lowest BCUT2D eigenvalue weighted by Gasteiger charge is -2.29. The van der Waals surface area contributed by atoms with Gasteiger partial charge >= 0.3 is 0 Å². The van der Waals surface area contributed by atoms with Crippen molar-refractivity contribution in [3.05, 3.63) is 30.1 Å². The highest BCUT2D eigenvalue weighted by molar-refractivity contribution is 8.01. The zero-order valence-electron chi connectivity index (χ0n) is 11.7. The monoisotopic (exact) mass is 277 g/mol. The van der Waals surface area contributed by atoms with E-state index in [1.807, 2.05) is 52.4 Å². The summed E-state index contributed by atoms with van der Waals surface area (Å²) < 4.78 is 0. The number of aromatic nitrogens is 1. The molecule has 0 saturated carbocycles. The number of hydrogen-bond donors (Lipinski definition) is 0. The third kappa shape index (κ3) is 3.15. The summed E-state index contributed by atoms with van der Waals surface area (Å²) in [5, 5.41) is 0.0332. The molecule has 0 aliphatic carbocycles. The number of nitrogens with zero attached hydrogens (tertiary/aromatic N) is 3. The molecule has 0 bridgehead atoms. The summed E-state index contributed by atoms with van der Waals surface area (Å²) in [4.78, 5) is 22.6. The van der Waals surface area contributed by atoms with Gasteiger partial charge in [-0.15, -0.1) is 0 Å². The van der Waals surface area contributed by atoms with Crippen LogP contribution in [0.3, 0.4) is 0 Å². The van der Waals surface area contributed by atoms with Crippen LogP contribution in [0.2, 0.25) is 0 Å². The van der Waals surface area contributed by atoms with E-state index in [4.69, 9.17) is 0 Å². The molecule has 102 valence electrons. The fourth-order valence-corrected chi connectivity index (χ4v) is 3.00. The summed E-state index contributed by atoms with van der Waals surface area (Å²) in [7, 11) is 1.84. The van der Waals surface area contributed by atoms with Crippen molar-refractivity contribution < 1.29 is 4.79 Å². The Hall–Kier alpha value is -1.36. The van der Waals surface area contributed by atoms with E-state index in [1.54, 1.807) is 22.9 Å². The first-order chi connectivity index (χ1) is 8.89. The number of aliphatic imine (C=N–C) groups is 1. The molecule has 1 aliphatic heterocycles. The van der Waals surface area contributed by atoms with Gasteiger partial charge in [0.1, 0.15) is 10.7 Å². The van der Waals surface area contributed by atoms with E-state index in [0.29, 0.717) is 0 Å². The molecule has 1 aromatic rings. The Labute approximate surface area is 118 Å². The highest BCUT2D eigenvalue weighted by Crippen LogP contribution is 2.38. The third-order valence-corrected chi connectivity index (χ3v) is 4.30. The molecule has 0 aromatic carbocycles. The number of hydrogen-bond acceptors (Lipinski definition) is 4. The number of amides is 1. The summed E-state index contributed by atoms with van der Waals surface area (Å²) in [5.74, 6) is 0.128. The molecule has 5 heteroatoms. The molecule has 0 radical (unpaired) electrons. The maximum Gasteiger partial charge on any atom is 0.228 e. The molecule has 0 spiro atoms. The van der Waals surface area contributed by atoms with Gasteiger partial charge in [0.2, 0.25) is 5.91 Å². The Balaban J connectivity index is 2.04. The second-order valence-electron chi connectivity index (χ2n) is 5.63. The van der Waals surface area contributed by atoms with Gasteiger partial charge in [-0.25, -0.2) is 0 Å².